The molecular formula is C22H23N2O7S-. The summed E-state index contributed by atoms with van der Waals surface area (Å²) in [5.74, 6) is -0.320. The van der Waals surface area contributed by atoms with Crippen molar-refractivity contribution >= 4 is 9.84 Å². The van der Waals surface area contributed by atoms with Crippen molar-refractivity contribution in [2.45, 2.75) is 47.8 Å². The second-order valence-electron chi connectivity index (χ2n) is 8.41. The number of aromatic hydroxyl groups is 1. The highest BCUT2D eigenvalue weighted by atomic mass is 32.2. The van der Waals surface area contributed by atoms with Gasteiger partial charge in [0.15, 0.2) is 0 Å². The molecule has 0 aromatic heterocycles. The molecule has 2 aromatic rings. The number of hydrogen-bond donors (Lipinski definition) is 3. The molecule has 0 spiro atoms. The largest absolute Gasteiger partial charge is 0.871 e. The van der Waals surface area contributed by atoms with E-state index in [0.29, 0.717) is 16.5 Å². The van der Waals surface area contributed by atoms with E-state index in [1.54, 1.807) is 13.8 Å². The Bertz CT molecular complexity index is 1230. The van der Waals surface area contributed by atoms with Gasteiger partial charge in [-0.1, -0.05) is 17.9 Å². The fraction of sp³-hybridized carbons (Fsp3) is 0.273. The van der Waals surface area contributed by atoms with Crippen molar-refractivity contribution in [3.8, 4) is 11.5 Å². The van der Waals surface area contributed by atoms with Crippen LogP contribution in [0.25, 0.3) is 0 Å². The first-order valence-corrected chi connectivity index (χ1v) is 11.3. The van der Waals surface area contributed by atoms with E-state index in [9.17, 15) is 28.9 Å². The van der Waals surface area contributed by atoms with Crippen LogP contribution in [0.4, 0.5) is 0 Å². The molecule has 0 radical (unpaired) electrons. The maximum absolute atomic E-state index is 13.2. The lowest BCUT2D eigenvalue weighted by Crippen LogP contribution is -2.63. The summed E-state index contributed by atoms with van der Waals surface area (Å²) in [7, 11) is -4.01. The number of rotatable bonds is 3. The first-order valence-electron chi connectivity index (χ1n) is 9.77. The van der Waals surface area contributed by atoms with Crippen molar-refractivity contribution in [2.24, 2.45) is 0 Å². The van der Waals surface area contributed by atoms with Crippen LogP contribution in [0.2, 0.25) is 0 Å². The van der Waals surface area contributed by atoms with E-state index in [1.165, 1.54) is 60.6 Å². The molecule has 32 heavy (non-hydrogen) atoms. The van der Waals surface area contributed by atoms with Crippen molar-refractivity contribution in [1.82, 2.24) is 10.2 Å². The molecule has 4 rings (SSSR count). The number of hydrogen-bond acceptors (Lipinski definition) is 9. The van der Waals surface area contributed by atoms with E-state index < -0.39 is 32.8 Å². The van der Waals surface area contributed by atoms with Crippen LogP contribution in [0.15, 0.2) is 76.5 Å². The summed E-state index contributed by atoms with van der Waals surface area (Å²) >= 11 is 0. The molecular weight excluding hydrogens is 436 g/mol. The van der Waals surface area contributed by atoms with Crippen LogP contribution in [0.1, 0.15) is 32.4 Å². The van der Waals surface area contributed by atoms with E-state index in [0.717, 1.165) is 12.3 Å². The van der Waals surface area contributed by atoms with Crippen molar-refractivity contribution in [1.29, 1.82) is 0 Å². The molecule has 0 aliphatic carbocycles. The fourth-order valence-electron chi connectivity index (χ4n) is 3.84. The van der Waals surface area contributed by atoms with Gasteiger partial charge in [0.05, 0.1) is 9.79 Å². The molecule has 2 aliphatic rings. The van der Waals surface area contributed by atoms with Gasteiger partial charge in [-0.15, -0.1) is 0 Å². The highest BCUT2D eigenvalue weighted by Crippen LogP contribution is 2.50. The molecule has 0 fully saturated rings. The number of aliphatic hydroxyl groups is 1. The molecule has 2 heterocycles. The first-order chi connectivity index (χ1) is 14.8. The van der Waals surface area contributed by atoms with Gasteiger partial charge in [-0.2, -0.15) is 5.17 Å². The number of hydrazine groups is 1. The molecule has 0 saturated carbocycles. The van der Waals surface area contributed by atoms with Crippen LogP contribution in [0.3, 0.4) is 0 Å². The number of phenolic OH excluding ortho intramolecular Hbond substituents is 1. The Balaban J connectivity index is 1.89. The maximum atomic E-state index is 13.2. The van der Waals surface area contributed by atoms with E-state index in [1.807, 2.05) is 0 Å². The molecule has 0 bridgehead atoms. The fourth-order valence-corrected chi connectivity index (χ4v) is 5.18. The van der Waals surface area contributed by atoms with Crippen LogP contribution in [-0.4, -0.2) is 45.2 Å². The highest BCUT2D eigenvalue weighted by molar-refractivity contribution is 7.91. The third-order valence-corrected chi connectivity index (χ3v) is 7.71. The average molecular weight is 460 g/mol. The normalized spacial score (nSPS) is 24.5. The van der Waals surface area contributed by atoms with Gasteiger partial charge in [0, 0.05) is 18.0 Å². The van der Waals surface area contributed by atoms with Crippen LogP contribution < -0.4 is 9.84 Å². The van der Waals surface area contributed by atoms with Gasteiger partial charge < -0.3 is 20.1 Å². The molecule has 2 aliphatic heterocycles. The zero-order valence-corrected chi connectivity index (χ0v) is 18.4. The van der Waals surface area contributed by atoms with E-state index >= 15 is 0 Å². The van der Waals surface area contributed by atoms with Crippen LogP contribution in [0, 0.1) is 0 Å². The molecule has 10 heteroatoms. The summed E-state index contributed by atoms with van der Waals surface area (Å²) in [6.45, 7) is 4.85. The minimum atomic E-state index is -4.01. The van der Waals surface area contributed by atoms with Crippen molar-refractivity contribution < 1.29 is 33.7 Å². The van der Waals surface area contributed by atoms with Gasteiger partial charge in [0.1, 0.15) is 28.7 Å². The summed E-state index contributed by atoms with van der Waals surface area (Å²) in [6.07, 6.45) is 3.47. The number of ether oxygens (including phenoxy) is 1. The molecule has 0 amide bonds. The Hall–Kier alpha value is -3.21. The van der Waals surface area contributed by atoms with Crippen molar-refractivity contribution in [2.75, 3.05) is 0 Å². The quantitative estimate of drug-likeness (QED) is 0.628. The minimum Gasteiger partial charge on any atom is -0.871 e. The number of nitrogens with zero attached hydrogens (tertiary/aromatic N) is 2. The topological polar surface area (TPSA) is 134 Å². The van der Waals surface area contributed by atoms with E-state index in [4.69, 9.17) is 4.74 Å². The smallest absolute Gasteiger partial charge is 0.206 e. The predicted octanol–water partition coefficient (Wildman–Crippen LogP) is 1.83. The molecule has 170 valence electrons. The molecule has 9 nitrogen and oxygen atoms in total. The third kappa shape index (κ3) is 3.36. The predicted molar refractivity (Wildman–Crippen MR) is 111 cm³/mol. The molecule has 3 N–H and O–H groups in total. The number of phenols is 1. The van der Waals surface area contributed by atoms with Gasteiger partial charge in [0.2, 0.25) is 9.84 Å². The van der Waals surface area contributed by atoms with Gasteiger partial charge in [-0.25, -0.2) is 8.42 Å². The number of sulfone groups is 1. The lowest BCUT2D eigenvalue weighted by atomic mass is 9.75. The Labute approximate surface area is 185 Å². The third-order valence-electron chi connectivity index (χ3n) is 5.97. The molecule has 0 unspecified atom stereocenters. The maximum Gasteiger partial charge on any atom is 0.206 e. The second-order valence-corrected chi connectivity index (χ2v) is 10.4. The summed E-state index contributed by atoms with van der Waals surface area (Å²) in [5, 5.41) is 45.0. The average Bonchev–Trinajstić information content (AvgIpc) is 2.69. The van der Waals surface area contributed by atoms with E-state index in [-0.39, 0.29) is 15.5 Å². The molecule has 2 atom stereocenters. The minimum absolute atomic E-state index is 0.0866. The summed E-state index contributed by atoms with van der Waals surface area (Å²) < 4.78 is 32.4. The van der Waals surface area contributed by atoms with Crippen molar-refractivity contribution in [3.05, 3.63) is 72.3 Å². The second kappa shape index (κ2) is 7.16. The van der Waals surface area contributed by atoms with Crippen molar-refractivity contribution in [3.63, 3.8) is 0 Å². The highest BCUT2D eigenvalue weighted by Gasteiger charge is 2.55. The van der Waals surface area contributed by atoms with Gasteiger partial charge in [0.25, 0.3) is 0 Å². The van der Waals surface area contributed by atoms with Crippen LogP contribution in [-0.2, 0) is 9.84 Å². The zero-order chi connectivity index (χ0) is 23.5. The van der Waals surface area contributed by atoms with E-state index in [2.05, 4.69) is 0 Å². The van der Waals surface area contributed by atoms with Crippen LogP contribution in [0.5, 0.6) is 11.5 Å². The Morgan fingerprint density at radius 2 is 1.78 bits per heavy atom. The summed E-state index contributed by atoms with van der Waals surface area (Å²) in [5.41, 5.74) is -2.47. The summed E-state index contributed by atoms with van der Waals surface area (Å²) in [6, 6.07) is 8.52. The number of allylic oxidation sites excluding steroid dienone is 1. The van der Waals surface area contributed by atoms with Crippen LogP contribution >= 0.6 is 0 Å². The number of fused-ring (bicyclic) bond motifs is 1. The number of hydroxylamine groups is 1. The molecule has 0 saturated heterocycles. The lowest BCUT2D eigenvalue weighted by Gasteiger charge is -2.53. The summed E-state index contributed by atoms with van der Waals surface area (Å²) in [4.78, 5) is -0.185. The van der Waals surface area contributed by atoms with Gasteiger partial charge >= 0.3 is 0 Å². The molecule has 2 aromatic carbocycles. The SMILES string of the molecule is CC1(C)Oc2ccc(S(=O)(=O)c3cccc(O)c3)cc2[C@@H](N2C=CC([O-])=CN2O)[C@]1(C)O. The Morgan fingerprint density at radius 1 is 1.09 bits per heavy atom. The van der Waals surface area contributed by atoms with Gasteiger partial charge in [-0.3, -0.25) is 10.2 Å². The zero-order valence-electron chi connectivity index (χ0n) is 17.6. The standard InChI is InChI=1S/C22H24N2O7S/c1-21(2)22(3,27)20(23-10-9-15(26)13-24(23)28)18-12-17(7-8-19(18)31-21)32(29,30)16-6-4-5-14(25)11-16/h4-13,20,25-28H,1-3H3/p-1/t20-,22+/m1/s1. The monoisotopic (exact) mass is 459 g/mol. The first kappa shape index (κ1) is 22.0. The lowest BCUT2D eigenvalue weighted by molar-refractivity contribution is -0.311. The number of benzene rings is 2. The Morgan fingerprint density at radius 3 is 2.44 bits per heavy atom. The van der Waals surface area contributed by atoms with Gasteiger partial charge in [-0.05, 0) is 57.2 Å². The Kier molecular flexibility index (Phi) is 4.92.